The molecule has 3 N–H and O–H groups in total. The molecule has 0 spiro atoms. The van der Waals surface area contributed by atoms with E-state index < -0.39 is 5.76 Å². The van der Waals surface area contributed by atoms with Crippen LogP contribution in [0.1, 0.15) is 0 Å². The molecule has 1 aromatic heterocycles. The van der Waals surface area contributed by atoms with Crippen LogP contribution in [-0.4, -0.2) is 25.1 Å². The van der Waals surface area contributed by atoms with E-state index in [0.29, 0.717) is 5.58 Å². The van der Waals surface area contributed by atoms with Crippen molar-refractivity contribution in [3.05, 3.63) is 28.7 Å². The van der Waals surface area contributed by atoms with Crippen molar-refractivity contribution in [3.63, 3.8) is 0 Å². The molecule has 0 unspecified atom stereocenters. The summed E-state index contributed by atoms with van der Waals surface area (Å²) in [6, 6.07) is 5.51. The average molecular weight is 207 g/mol. The first-order valence-corrected chi connectivity index (χ1v) is 4.81. The Hall–Kier alpha value is -1.75. The van der Waals surface area contributed by atoms with Gasteiger partial charge in [0, 0.05) is 18.8 Å². The molecule has 1 aromatic carbocycles. The number of H-pyrrole nitrogens is 1. The molecule has 2 aromatic rings. The minimum Gasteiger partial charge on any atom is -0.408 e. The summed E-state index contributed by atoms with van der Waals surface area (Å²) in [7, 11) is 1.90. The number of nitrogens with one attached hydrogen (secondary N) is 3. The van der Waals surface area contributed by atoms with Crippen molar-refractivity contribution in [3.8, 4) is 0 Å². The van der Waals surface area contributed by atoms with Gasteiger partial charge in [-0.05, 0) is 25.2 Å². The van der Waals surface area contributed by atoms with E-state index in [1.165, 1.54) is 0 Å². The third-order valence-corrected chi connectivity index (χ3v) is 2.12. The first-order chi connectivity index (χ1) is 7.29. The first kappa shape index (κ1) is 9.79. The number of aromatic amines is 1. The van der Waals surface area contributed by atoms with Crippen molar-refractivity contribution in [2.45, 2.75) is 0 Å². The Morgan fingerprint density at radius 1 is 1.40 bits per heavy atom. The zero-order chi connectivity index (χ0) is 10.7. The Balaban J connectivity index is 2.19. The van der Waals surface area contributed by atoms with Gasteiger partial charge in [-0.3, -0.25) is 4.98 Å². The molecule has 2 rings (SSSR count). The molecule has 0 saturated heterocycles. The van der Waals surface area contributed by atoms with Crippen LogP contribution < -0.4 is 16.4 Å². The van der Waals surface area contributed by atoms with Gasteiger partial charge in [0.2, 0.25) is 0 Å². The van der Waals surface area contributed by atoms with Crippen molar-refractivity contribution in [2.24, 2.45) is 0 Å². The maximum atomic E-state index is 10.9. The summed E-state index contributed by atoms with van der Waals surface area (Å²) in [6.07, 6.45) is 0. The van der Waals surface area contributed by atoms with Crippen molar-refractivity contribution in [2.75, 3.05) is 25.5 Å². The maximum absolute atomic E-state index is 10.9. The lowest BCUT2D eigenvalue weighted by Crippen LogP contribution is -2.17. The predicted octanol–water partition coefficient (Wildman–Crippen LogP) is 0.752. The van der Waals surface area contributed by atoms with Crippen LogP contribution >= 0.6 is 0 Å². The lowest BCUT2D eigenvalue weighted by molar-refractivity contribution is 0.555. The third-order valence-electron chi connectivity index (χ3n) is 2.12. The van der Waals surface area contributed by atoms with Gasteiger partial charge < -0.3 is 15.1 Å². The number of benzene rings is 1. The van der Waals surface area contributed by atoms with Gasteiger partial charge in [-0.25, -0.2) is 4.79 Å². The van der Waals surface area contributed by atoms with Gasteiger partial charge in [-0.1, -0.05) is 0 Å². The second-order valence-electron chi connectivity index (χ2n) is 3.26. The highest BCUT2D eigenvalue weighted by atomic mass is 16.4. The summed E-state index contributed by atoms with van der Waals surface area (Å²) in [6.45, 7) is 1.73. The van der Waals surface area contributed by atoms with Crippen LogP contribution in [-0.2, 0) is 0 Å². The SMILES string of the molecule is CNCCNc1ccc2oc(=O)[nH]c2c1. The topological polar surface area (TPSA) is 70.1 Å². The number of hydrogen-bond acceptors (Lipinski definition) is 4. The van der Waals surface area contributed by atoms with Gasteiger partial charge in [0.15, 0.2) is 5.58 Å². The van der Waals surface area contributed by atoms with E-state index >= 15 is 0 Å². The summed E-state index contributed by atoms with van der Waals surface area (Å²) in [5.74, 6) is -0.419. The van der Waals surface area contributed by atoms with E-state index in [-0.39, 0.29) is 0 Å². The Kier molecular flexibility index (Phi) is 2.73. The highest BCUT2D eigenvalue weighted by Crippen LogP contribution is 2.15. The molecule has 0 bridgehead atoms. The molecule has 0 atom stereocenters. The van der Waals surface area contributed by atoms with Gasteiger partial charge in [0.25, 0.3) is 0 Å². The first-order valence-electron chi connectivity index (χ1n) is 4.81. The number of fused-ring (bicyclic) bond motifs is 1. The molecule has 0 amide bonds. The molecule has 5 nitrogen and oxygen atoms in total. The standard InChI is InChI=1S/C10H13N3O2/c1-11-4-5-12-7-2-3-9-8(6-7)13-10(14)15-9/h2-3,6,11-12H,4-5H2,1H3,(H,13,14). The molecule has 0 fully saturated rings. The summed E-state index contributed by atoms with van der Waals surface area (Å²) in [4.78, 5) is 13.5. The van der Waals surface area contributed by atoms with E-state index in [0.717, 1.165) is 24.3 Å². The number of anilines is 1. The molecule has 0 radical (unpaired) electrons. The van der Waals surface area contributed by atoms with Crippen molar-refractivity contribution >= 4 is 16.8 Å². The van der Waals surface area contributed by atoms with E-state index in [9.17, 15) is 4.79 Å². The number of aromatic nitrogens is 1. The van der Waals surface area contributed by atoms with E-state index in [1.54, 1.807) is 6.07 Å². The Morgan fingerprint density at radius 2 is 2.27 bits per heavy atom. The van der Waals surface area contributed by atoms with Crippen LogP contribution in [0, 0.1) is 0 Å². The fourth-order valence-electron chi connectivity index (χ4n) is 1.39. The third kappa shape index (κ3) is 2.19. The minimum absolute atomic E-state index is 0.419. The van der Waals surface area contributed by atoms with Crippen LogP contribution in [0.2, 0.25) is 0 Å². The van der Waals surface area contributed by atoms with Crippen LogP contribution in [0.15, 0.2) is 27.4 Å². The molecule has 5 heteroatoms. The second-order valence-corrected chi connectivity index (χ2v) is 3.26. The fourth-order valence-corrected chi connectivity index (χ4v) is 1.39. The zero-order valence-electron chi connectivity index (χ0n) is 8.46. The van der Waals surface area contributed by atoms with Gasteiger partial charge in [-0.2, -0.15) is 0 Å². The van der Waals surface area contributed by atoms with Crippen LogP contribution in [0.25, 0.3) is 11.1 Å². The lowest BCUT2D eigenvalue weighted by Gasteiger charge is -2.04. The normalized spacial score (nSPS) is 10.7. The summed E-state index contributed by atoms with van der Waals surface area (Å²) in [5, 5.41) is 6.26. The molecule has 0 aliphatic rings. The second kappa shape index (κ2) is 4.18. The summed E-state index contributed by atoms with van der Waals surface area (Å²) >= 11 is 0. The van der Waals surface area contributed by atoms with Crippen molar-refractivity contribution < 1.29 is 4.42 Å². The smallest absolute Gasteiger partial charge is 0.408 e. The molecular weight excluding hydrogens is 194 g/mol. The number of hydrogen-bond donors (Lipinski definition) is 3. The number of oxazole rings is 1. The Labute approximate surface area is 86.5 Å². The molecule has 0 aliphatic carbocycles. The maximum Gasteiger partial charge on any atom is 0.417 e. The highest BCUT2D eigenvalue weighted by Gasteiger charge is 2.00. The quantitative estimate of drug-likeness (QED) is 0.647. The molecule has 0 aliphatic heterocycles. The fraction of sp³-hybridized carbons (Fsp3) is 0.300. The van der Waals surface area contributed by atoms with Crippen LogP contribution in [0.4, 0.5) is 5.69 Å². The average Bonchev–Trinajstić information content (AvgIpc) is 2.57. The monoisotopic (exact) mass is 207 g/mol. The number of rotatable bonds is 4. The highest BCUT2D eigenvalue weighted by molar-refractivity contribution is 5.76. The number of likely N-dealkylation sites (N-methyl/N-ethyl adjacent to an activating group) is 1. The summed E-state index contributed by atoms with van der Waals surface area (Å²) < 4.78 is 4.90. The minimum atomic E-state index is -0.419. The largest absolute Gasteiger partial charge is 0.417 e. The molecular formula is C10H13N3O2. The van der Waals surface area contributed by atoms with Crippen LogP contribution in [0.5, 0.6) is 0 Å². The van der Waals surface area contributed by atoms with Crippen molar-refractivity contribution in [1.82, 2.24) is 10.3 Å². The van der Waals surface area contributed by atoms with Crippen molar-refractivity contribution in [1.29, 1.82) is 0 Å². The van der Waals surface area contributed by atoms with Crippen LogP contribution in [0.3, 0.4) is 0 Å². The van der Waals surface area contributed by atoms with E-state index in [1.807, 2.05) is 19.2 Å². The van der Waals surface area contributed by atoms with Gasteiger partial charge in [0.05, 0.1) is 5.52 Å². The van der Waals surface area contributed by atoms with E-state index in [2.05, 4.69) is 15.6 Å². The molecule has 15 heavy (non-hydrogen) atoms. The zero-order valence-corrected chi connectivity index (χ0v) is 8.46. The Bertz CT molecular complexity index is 501. The summed E-state index contributed by atoms with van der Waals surface area (Å²) in [5.41, 5.74) is 2.27. The molecule has 80 valence electrons. The predicted molar refractivity (Wildman–Crippen MR) is 59.3 cm³/mol. The van der Waals surface area contributed by atoms with Gasteiger partial charge >= 0.3 is 5.76 Å². The molecule has 1 heterocycles. The Morgan fingerprint density at radius 3 is 3.07 bits per heavy atom. The van der Waals surface area contributed by atoms with Gasteiger partial charge in [0.1, 0.15) is 0 Å². The van der Waals surface area contributed by atoms with E-state index in [4.69, 9.17) is 4.42 Å². The molecule has 0 saturated carbocycles. The lowest BCUT2D eigenvalue weighted by atomic mass is 10.3. The van der Waals surface area contributed by atoms with Gasteiger partial charge in [-0.15, -0.1) is 0 Å².